The Bertz CT molecular complexity index is 342. The van der Waals surface area contributed by atoms with Crippen LogP contribution in [0.2, 0.25) is 0 Å². The number of nitrogens with zero attached hydrogens (tertiary/aromatic N) is 1. The van der Waals surface area contributed by atoms with Gasteiger partial charge in [-0.25, -0.2) is 4.79 Å². The van der Waals surface area contributed by atoms with Gasteiger partial charge < -0.3 is 20.4 Å². The molecule has 108 valence electrons. The van der Waals surface area contributed by atoms with Crippen LogP contribution in [0.1, 0.15) is 32.1 Å². The standard InChI is InChI=1S/C13H22N2O4/c16-10-6-11(13(18)19)15(8-10)12(17)4-3-9-2-1-5-14-7-9/h9-11,14,16H,1-8H2,(H,18,19)/t9?,10?,11-/m0/s1. The summed E-state index contributed by atoms with van der Waals surface area (Å²) >= 11 is 0. The van der Waals surface area contributed by atoms with Crippen molar-refractivity contribution in [2.24, 2.45) is 5.92 Å². The number of carboxylic acid groups (broad SMARTS) is 1. The van der Waals surface area contributed by atoms with Crippen LogP contribution in [0, 0.1) is 5.92 Å². The molecule has 0 radical (unpaired) electrons. The molecular formula is C13H22N2O4. The Hall–Kier alpha value is -1.14. The maximum Gasteiger partial charge on any atom is 0.326 e. The van der Waals surface area contributed by atoms with Crippen LogP contribution in [0.15, 0.2) is 0 Å². The van der Waals surface area contributed by atoms with Crippen LogP contribution in [-0.4, -0.2) is 58.8 Å². The molecule has 3 N–H and O–H groups in total. The SMILES string of the molecule is O=C(O)[C@@H]1CC(O)CN1C(=O)CCC1CCCNC1. The molecular weight excluding hydrogens is 248 g/mol. The van der Waals surface area contributed by atoms with Crippen molar-refractivity contribution in [3.63, 3.8) is 0 Å². The van der Waals surface area contributed by atoms with Crippen LogP contribution in [0.4, 0.5) is 0 Å². The van der Waals surface area contributed by atoms with Crippen molar-refractivity contribution in [1.82, 2.24) is 10.2 Å². The van der Waals surface area contributed by atoms with Crippen molar-refractivity contribution in [3.05, 3.63) is 0 Å². The van der Waals surface area contributed by atoms with Gasteiger partial charge in [-0.05, 0) is 38.3 Å². The predicted octanol–water partition coefficient (Wildman–Crippen LogP) is -0.187. The topological polar surface area (TPSA) is 89.9 Å². The number of rotatable bonds is 4. The molecule has 2 heterocycles. The average Bonchev–Trinajstić information content (AvgIpc) is 2.79. The molecule has 0 spiro atoms. The van der Waals surface area contributed by atoms with Crippen LogP contribution in [0.25, 0.3) is 0 Å². The zero-order valence-electron chi connectivity index (χ0n) is 11.0. The van der Waals surface area contributed by atoms with Gasteiger partial charge in [0.2, 0.25) is 5.91 Å². The Kier molecular flexibility index (Phi) is 4.76. The number of hydrogen-bond donors (Lipinski definition) is 3. The van der Waals surface area contributed by atoms with E-state index in [-0.39, 0.29) is 18.9 Å². The Morgan fingerprint density at radius 3 is 2.79 bits per heavy atom. The van der Waals surface area contributed by atoms with Gasteiger partial charge in [0, 0.05) is 19.4 Å². The Balaban J connectivity index is 1.82. The summed E-state index contributed by atoms with van der Waals surface area (Å²) in [5, 5.41) is 21.9. The second kappa shape index (κ2) is 6.34. The second-order valence-electron chi connectivity index (χ2n) is 5.54. The van der Waals surface area contributed by atoms with Crippen LogP contribution >= 0.6 is 0 Å². The van der Waals surface area contributed by atoms with Crippen LogP contribution in [0.5, 0.6) is 0 Å². The number of amides is 1. The highest BCUT2D eigenvalue weighted by Gasteiger charge is 2.38. The highest BCUT2D eigenvalue weighted by molar-refractivity contribution is 5.84. The number of carbonyl (C=O) groups is 2. The molecule has 0 aromatic carbocycles. The molecule has 0 aliphatic carbocycles. The van der Waals surface area contributed by atoms with Crippen LogP contribution < -0.4 is 5.32 Å². The van der Waals surface area contributed by atoms with E-state index >= 15 is 0 Å². The zero-order valence-corrected chi connectivity index (χ0v) is 11.0. The Labute approximate surface area is 112 Å². The first-order valence-corrected chi connectivity index (χ1v) is 6.99. The fourth-order valence-corrected chi connectivity index (χ4v) is 2.97. The zero-order chi connectivity index (χ0) is 13.8. The van der Waals surface area contributed by atoms with E-state index in [4.69, 9.17) is 5.11 Å². The third kappa shape index (κ3) is 3.67. The number of hydrogen-bond acceptors (Lipinski definition) is 4. The van der Waals surface area contributed by atoms with Gasteiger partial charge >= 0.3 is 5.97 Å². The van der Waals surface area contributed by atoms with E-state index in [1.165, 1.54) is 4.90 Å². The molecule has 19 heavy (non-hydrogen) atoms. The number of piperidine rings is 1. The molecule has 0 aromatic heterocycles. The first-order chi connectivity index (χ1) is 9.08. The van der Waals surface area contributed by atoms with Crippen molar-refractivity contribution in [2.75, 3.05) is 19.6 Å². The van der Waals surface area contributed by atoms with E-state index in [1.807, 2.05) is 0 Å². The minimum Gasteiger partial charge on any atom is -0.480 e. The van der Waals surface area contributed by atoms with E-state index in [9.17, 15) is 14.7 Å². The highest BCUT2D eigenvalue weighted by Crippen LogP contribution is 2.22. The van der Waals surface area contributed by atoms with Gasteiger partial charge in [0.05, 0.1) is 6.10 Å². The van der Waals surface area contributed by atoms with Crippen molar-refractivity contribution >= 4 is 11.9 Å². The van der Waals surface area contributed by atoms with Gasteiger partial charge in [-0.2, -0.15) is 0 Å². The number of aliphatic carboxylic acids is 1. The molecule has 0 aromatic rings. The fraction of sp³-hybridized carbons (Fsp3) is 0.846. The molecule has 2 aliphatic heterocycles. The molecule has 6 heteroatoms. The van der Waals surface area contributed by atoms with E-state index in [1.54, 1.807) is 0 Å². The van der Waals surface area contributed by atoms with Crippen LogP contribution in [-0.2, 0) is 9.59 Å². The normalized spacial score (nSPS) is 31.4. The lowest BCUT2D eigenvalue weighted by molar-refractivity contribution is -0.148. The fourth-order valence-electron chi connectivity index (χ4n) is 2.97. The van der Waals surface area contributed by atoms with Gasteiger partial charge in [0.15, 0.2) is 0 Å². The third-order valence-corrected chi connectivity index (χ3v) is 4.05. The number of nitrogens with one attached hydrogen (secondary N) is 1. The van der Waals surface area contributed by atoms with E-state index in [2.05, 4.69) is 5.32 Å². The average molecular weight is 270 g/mol. The summed E-state index contributed by atoms with van der Waals surface area (Å²) in [7, 11) is 0. The number of aliphatic hydroxyl groups excluding tert-OH is 1. The summed E-state index contributed by atoms with van der Waals surface area (Å²) in [4.78, 5) is 24.5. The number of carboxylic acids is 1. The Morgan fingerprint density at radius 1 is 1.37 bits per heavy atom. The molecule has 0 bridgehead atoms. The van der Waals surface area contributed by atoms with E-state index < -0.39 is 18.1 Å². The maximum absolute atomic E-state index is 12.1. The van der Waals surface area contributed by atoms with Gasteiger partial charge in [-0.1, -0.05) is 0 Å². The minimum atomic E-state index is -1.02. The first-order valence-electron chi connectivity index (χ1n) is 6.99. The number of carbonyl (C=O) groups excluding carboxylic acids is 1. The highest BCUT2D eigenvalue weighted by atomic mass is 16.4. The van der Waals surface area contributed by atoms with Crippen molar-refractivity contribution < 1.29 is 19.8 Å². The Morgan fingerprint density at radius 2 is 2.16 bits per heavy atom. The first kappa shape index (κ1) is 14.3. The molecule has 2 fully saturated rings. The van der Waals surface area contributed by atoms with Gasteiger partial charge in [-0.15, -0.1) is 0 Å². The summed E-state index contributed by atoms with van der Waals surface area (Å²) in [6.45, 7) is 2.14. The number of likely N-dealkylation sites (tertiary alicyclic amines) is 1. The quantitative estimate of drug-likeness (QED) is 0.659. The molecule has 0 saturated carbocycles. The monoisotopic (exact) mass is 270 g/mol. The van der Waals surface area contributed by atoms with Crippen molar-refractivity contribution in [1.29, 1.82) is 0 Å². The minimum absolute atomic E-state index is 0.144. The number of β-amino-alcohol motifs (C(OH)–C–C–N with tert-alkyl or cyclic N) is 1. The second-order valence-corrected chi connectivity index (χ2v) is 5.54. The smallest absolute Gasteiger partial charge is 0.326 e. The predicted molar refractivity (Wildman–Crippen MR) is 68.6 cm³/mol. The summed E-state index contributed by atoms with van der Waals surface area (Å²) in [6.07, 6.45) is 2.88. The molecule has 2 saturated heterocycles. The van der Waals surface area contributed by atoms with Crippen molar-refractivity contribution in [2.45, 2.75) is 44.2 Å². The van der Waals surface area contributed by atoms with Crippen molar-refractivity contribution in [3.8, 4) is 0 Å². The molecule has 2 unspecified atom stereocenters. The summed E-state index contributed by atoms with van der Waals surface area (Å²) in [5.74, 6) is -0.660. The van der Waals surface area contributed by atoms with Gasteiger partial charge in [0.1, 0.15) is 6.04 Å². The lowest BCUT2D eigenvalue weighted by Gasteiger charge is -2.25. The summed E-state index contributed by atoms with van der Waals surface area (Å²) in [6, 6.07) is -0.855. The third-order valence-electron chi connectivity index (χ3n) is 4.05. The maximum atomic E-state index is 12.1. The molecule has 2 rings (SSSR count). The molecule has 3 atom stereocenters. The lowest BCUT2D eigenvalue weighted by Crippen LogP contribution is -2.41. The van der Waals surface area contributed by atoms with Gasteiger partial charge in [-0.3, -0.25) is 4.79 Å². The summed E-state index contributed by atoms with van der Waals surface area (Å²) in [5.41, 5.74) is 0. The number of aliphatic hydroxyl groups is 1. The largest absolute Gasteiger partial charge is 0.480 e. The van der Waals surface area contributed by atoms with E-state index in [0.717, 1.165) is 32.4 Å². The molecule has 1 amide bonds. The van der Waals surface area contributed by atoms with E-state index in [0.29, 0.717) is 12.3 Å². The molecule has 2 aliphatic rings. The lowest BCUT2D eigenvalue weighted by atomic mass is 9.94. The summed E-state index contributed by atoms with van der Waals surface area (Å²) < 4.78 is 0. The van der Waals surface area contributed by atoms with Gasteiger partial charge in [0.25, 0.3) is 0 Å². The van der Waals surface area contributed by atoms with Crippen LogP contribution in [0.3, 0.4) is 0 Å². The molecule has 6 nitrogen and oxygen atoms in total.